The maximum atomic E-state index is 5.99. The maximum Gasteiger partial charge on any atom is 0.173 e. The van der Waals surface area contributed by atoms with Crippen LogP contribution in [-0.2, 0) is 0 Å². The van der Waals surface area contributed by atoms with Gasteiger partial charge in [-0.3, -0.25) is 0 Å². The van der Waals surface area contributed by atoms with Crippen LogP contribution in [-0.4, -0.2) is 47.6 Å². The lowest BCUT2D eigenvalue weighted by molar-refractivity contribution is 0.191. The van der Waals surface area contributed by atoms with Gasteiger partial charge in [0.2, 0.25) is 0 Å². The van der Waals surface area contributed by atoms with Gasteiger partial charge in [-0.05, 0) is 37.0 Å². The highest BCUT2D eigenvalue weighted by atomic mass is 35.5. The molecule has 104 valence electrons. The third kappa shape index (κ3) is 3.96. The van der Waals surface area contributed by atoms with Crippen molar-refractivity contribution in [1.82, 2.24) is 9.80 Å². The minimum atomic E-state index is 0.533. The number of anilines is 1. The number of hydrogen-bond donors (Lipinski definition) is 1. The van der Waals surface area contributed by atoms with E-state index in [4.69, 9.17) is 35.4 Å². The van der Waals surface area contributed by atoms with Gasteiger partial charge in [-0.15, -0.1) is 0 Å². The third-order valence-corrected chi connectivity index (χ3v) is 4.38. The SMILES string of the molecule is CCN1CCN(C(=S)Nc2ccc(Cl)c(Cl)c2)CC1. The minimum absolute atomic E-state index is 0.533. The van der Waals surface area contributed by atoms with E-state index in [0.29, 0.717) is 10.0 Å². The lowest BCUT2D eigenvalue weighted by Gasteiger charge is -2.35. The van der Waals surface area contributed by atoms with Crippen molar-refractivity contribution in [2.45, 2.75) is 6.92 Å². The Balaban J connectivity index is 1.92. The van der Waals surface area contributed by atoms with E-state index in [2.05, 4.69) is 22.0 Å². The van der Waals surface area contributed by atoms with E-state index in [1.807, 2.05) is 6.07 Å². The average molecular weight is 318 g/mol. The number of halogens is 2. The molecule has 1 aliphatic rings. The zero-order valence-corrected chi connectivity index (χ0v) is 13.2. The van der Waals surface area contributed by atoms with E-state index in [0.717, 1.165) is 43.5 Å². The summed E-state index contributed by atoms with van der Waals surface area (Å²) in [5, 5.41) is 5.04. The molecule has 6 heteroatoms. The summed E-state index contributed by atoms with van der Waals surface area (Å²) in [5.41, 5.74) is 0.873. The molecule has 1 aromatic rings. The Morgan fingerprint density at radius 1 is 1.21 bits per heavy atom. The molecule has 0 saturated carbocycles. The van der Waals surface area contributed by atoms with Gasteiger partial charge in [0.05, 0.1) is 10.0 Å². The minimum Gasteiger partial charge on any atom is -0.346 e. The number of nitrogens with zero attached hydrogens (tertiary/aromatic N) is 2. The molecular weight excluding hydrogens is 301 g/mol. The highest BCUT2D eigenvalue weighted by molar-refractivity contribution is 7.80. The van der Waals surface area contributed by atoms with Crippen LogP contribution < -0.4 is 5.32 Å². The molecule has 0 unspecified atom stereocenters. The first-order valence-electron chi connectivity index (χ1n) is 6.33. The summed E-state index contributed by atoms with van der Waals surface area (Å²) in [4.78, 5) is 4.60. The number of thiocarbonyl (C=S) groups is 1. The summed E-state index contributed by atoms with van der Waals surface area (Å²) in [6.07, 6.45) is 0. The Kier molecular flexibility index (Phi) is 5.28. The van der Waals surface area contributed by atoms with Gasteiger partial charge in [0.25, 0.3) is 0 Å². The number of nitrogens with one attached hydrogen (secondary N) is 1. The highest BCUT2D eigenvalue weighted by Gasteiger charge is 2.17. The first kappa shape index (κ1) is 14.9. The van der Waals surface area contributed by atoms with Gasteiger partial charge in [0.15, 0.2) is 5.11 Å². The first-order chi connectivity index (χ1) is 9.10. The Morgan fingerprint density at radius 2 is 1.89 bits per heavy atom. The zero-order valence-electron chi connectivity index (χ0n) is 10.8. The number of hydrogen-bond acceptors (Lipinski definition) is 2. The topological polar surface area (TPSA) is 18.5 Å². The molecule has 2 rings (SSSR count). The summed E-state index contributed by atoms with van der Waals surface area (Å²) < 4.78 is 0. The second-order valence-electron chi connectivity index (χ2n) is 4.48. The average Bonchev–Trinajstić information content (AvgIpc) is 2.43. The molecule has 1 saturated heterocycles. The third-order valence-electron chi connectivity index (χ3n) is 3.28. The van der Waals surface area contributed by atoms with Gasteiger partial charge in [0, 0.05) is 31.9 Å². The predicted molar refractivity (Wildman–Crippen MR) is 86.4 cm³/mol. The van der Waals surface area contributed by atoms with E-state index in [1.165, 1.54) is 0 Å². The van der Waals surface area contributed by atoms with Crippen LogP contribution in [0.25, 0.3) is 0 Å². The molecule has 0 spiro atoms. The van der Waals surface area contributed by atoms with Crippen LogP contribution in [0.15, 0.2) is 18.2 Å². The quantitative estimate of drug-likeness (QED) is 0.843. The van der Waals surface area contributed by atoms with Crippen molar-refractivity contribution in [3.63, 3.8) is 0 Å². The summed E-state index contributed by atoms with van der Waals surface area (Å²) in [7, 11) is 0. The summed E-state index contributed by atoms with van der Waals surface area (Å²) >= 11 is 17.3. The van der Waals surface area contributed by atoms with Crippen molar-refractivity contribution >= 4 is 46.2 Å². The van der Waals surface area contributed by atoms with Crippen LogP contribution in [0.2, 0.25) is 10.0 Å². The van der Waals surface area contributed by atoms with Crippen LogP contribution in [0, 0.1) is 0 Å². The van der Waals surface area contributed by atoms with Crippen LogP contribution in [0.4, 0.5) is 5.69 Å². The Bertz CT molecular complexity index is 459. The zero-order chi connectivity index (χ0) is 13.8. The van der Waals surface area contributed by atoms with E-state index < -0.39 is 0 Å². The molecule has 0 amide bonds. The smallest absolute Gasteiger partial charge is 0.173 e. The first-order valence-corrected chi connectivity index (χ1v) is 7.50. The molecule has 0 radical (unpaired) electrons. The van der Waals surface area contributed by atoms with Crippen LogP contribution >= 0.6 is 35.4 Å². The van der Waals surface area contributed by atoms with E-state index in [9.17, 15) is 0 Å². The van der Waals surface area contributed by atoms with Crippen molar-refractivity contribution in [2.24, 2.45) is 0 Å². The summed E-state index contributed by atoms with van der Waals surface area (Å²) in [6.45, 7) is 7.31. The molecule has 0 aliphatic carbocycles. The second-order valence-corrected chi connectivity index (χ2v) is 5.68. The highest BCUT2D eigenvalue weighted by Crippen LogP contribution is 2.25. The molecule has 0 atom stereocenters. The maximum absolute atomic E-state index is 5.99. The molecule has 1 heterocycles. The largest absolute Gasteiger partial charge is 0.346 e. The molecule has 3 nitrogen and oxygen atoms in total. The van der Waals surface area contributed by atoms with Crippen LogP contribution in [0.1, 0.15) is 6.92 Å². The normalized spacial score (nSPS) is 16.5. The monoisotopic (exact) mass is 317 g/mol. The van der Waals surface area contributed by atoms with Gasteiger partial charge >= 0.3 is 0 Å². The van der Waals surface area contributed by atoms with Crippen molar-refractivity contribution < 1.29 is 0 Å². The Labute approximate surface area is 129 Å². The second kappa shape index (κ2) is 6.75. The molecule has 19 heavy (non-hydrogen) atoms. The van der Waals surface area contributed by atoms with Gasteiger partial charge in [-0.25, -0.2) is 0 Å². The molecule has 1 aliphatic heterocycles. The van der Waals surface area contributed by atoms with Gasteiger partial charge < -0.3 is 15.1 Å². The predicted octanol–water partition coefficient (Wildman–Crippen LogP) is 3.33. The van der Waals surface area contributed by atoms with Gasteiger partial charge in [-0.1, -0.05) is 30.1 Å². The van der Waals surface area contributed by atoms with Crippen molar-refractivity contribution in [2.75, 3.05) is 38.0 Å². The Morgan fingerprint density at radius 3 is 2.47 bits per heavy atom. The van der Waals surface area contributed by atoms with E-state index >= 15 is 0 Å². The number of piperazine rings is 1. The van der Waals surface area contributed by atoms with Crippen LogP contribution in [0.3, 0.4) is 0 Å². The fourth-order valence-electron chi connectivity index (χ4n) is 2.04. The summed E-state index contributed by atoms with van der Waals surface area (Å²) in [5.74, 6) is 0. The van der Waals surface area contributed by atoms with Crippen molar-refractivity contribution in [1.29, 1.82) is 0 Å². The number of likely N-dealkylation sites (N-methyl/N-ethyl adjacent to an activating group) is 1. The van der Waals surface area contributed by atoms with Gasteiger partial charge in [0.1, 0.15) is 0 Å². The lowest BCUT2D eigenvalue weighted by Crippen LogP contribution is -2.49. The fraction of sp³-hybridized carbons (Fsp3) is 0.462. The number of benzene rings is 1. The van der Waals surface area contributed by atoms with Crippen molar-refractivity contribution in [3.05, 3.63) is 28.2 Å². The summed E-state index contributed by atoms with van der Waals surface area (Å²) in [6, 6.07) is 5.44. The standard InChI is InChI=1S/C13H17Cl2N3S/c1-2-17-5-7-18(8-6-17)13(19)16-10-3-4-11(14)12(15)9-10/h3-4,9H,2,5-8H2,1H3,(H,16,19). The van der Waals surface area contributed by atoms with Gasteiger partial charge in [-0.2, -0.15) is 0 Å². The fourth-order valence-corrected chi connectivity index (χ4v) is 2.64. The molecule has 1 N–H and O–H groups in total. The molecule has 0 aromatic heterocycles. The van der Waals surface area contributed by atoms with Crippen molar-refractivity contribution in [3.8, 4) is 0 Å². The molecular formula is C13H17Cl2N3S. The van der Waals surface area contributed by atoms with E-state index in [-0.39, 0.29) is 0 Å². The molecule has 1 aromatic carbocycles. The molecule has 1 fully saturated rings. The van der Waals surface area contributed by atoms with E-state index in [1.54, 1.807) is 12.1 Å². The Hall–Kier alpha value is -0.550. The number of rotatable bonds is 2. The molecule has 0 bridgehead atoms. The lowest BCUT2D eigenvalue weighted by atomic mass is 10.3. The van der Waals surface area contributed by atoms with Crippen LogP contribution in [0.5, 0.6) is 0 Å².